The molecule has 0 radical (unpaired) electrons. The summed E-state index contributed by atoms with van der Waals surface area (Å²) in [6, 6.07) is 10.2. The van der Waals surface area contributed by atoms with Gasteiger partial charge in [0.15, 0.2) is 10.8 Å². The van der Waals surface area contributed by atoms with Crippen molar-refractivity contribution in [3.05, 3.63) is 47.0 Å². The van der Waals surface area contributed by atoms with Crippen LogP contribution < -0.4 is 4.90 Å². The number of carbonyl (C=O) groups is 1. The minimum absolute atomic E-state index is 0.369. The summed E-state index contributed by atoms with van der Waals surface area (Å²) in [7, 11) is 1.36. The molecule has 0 aliphatic rings. The first-order chi connectivity index (χ1) is 9.24. The highest BCUT2D eigenvalue weighted by Crippen LogP contribution is 2.22. The van der Waals surface area contributed by atoms with Gasteiger partial charge >= 0.3 is 5.97 Å². The van der Waals surface area contributed by atoms with Gasteiger partial charge in [0.05, 0.1) is 7.11 Å². The first-order valence-electron chi connectivity index (χ1n) is 6.07. The van der Waals surface area contributed by atoms with E-state index in [9.17, 15) is 4.79 Å². The second-order valence-electron chi connectivity index (χ2n) is 4.01. The predicted molar refractivity (Wildman–Crippen MR) is 76.6 cm³/mol. The van der Waals surface area contributed by atoms with E-state index in [1.807, 2.05) is 18.2 Å². The van der Waals surface area contributed by atoms with Gasteiger partial charge in [-0.05, 0) is 12.5 Å². The summed E-state index contributed by atoms with van der Waals surface area (Å²) in [6.45, 7) is 3.69. The maximum absolute atomic E-state index is 11.4. The molecule has 0 saturated carbocycles. The van der Waals surface area contributed by atoms with E-state index in [1.54, 1.807) is 5.38 Å². The number of methoxy groups -OCH3 is 1. The molecular weight excluding hydrogens is 260 g/mol. The molecule has 0 spiro atoms. The third kappa shape index (κ3) is 3.32. The summed E-state index contributed by atoms with van der Waals surface area (Å²) in [5, 5.41) is 2.57. The number of thiazole rings is 1. The second kappa shape index (κ2) is 6.33. The SMILES string of the molecule is CCN(Cc1ccccc1)c1nc(C(=O)OC)cs1. The molecule has 19 heavy (non-hydrogen) atoms. The molecule has 2 aromatic rings. The fraction of sp³-hybridized carbons (Fsp3) is 0.286. The molecule has 1 aromatic heterocycles. The number of hydrogen-bond acceptors (Lipinski definition) is 5. The number of esters is 1. The van der Waals surface area contributed by atoms with Gasteiger partial charge in [0.1, 0.15) is 0 Å². The van der Waals surface area contributed by atoms with Crippen molar-refractivity contribution in [3.63, 3.8) is 0 Å². The van der Waals surface area contributed by atoms with Crippen LogP contribution in [0.25, 0.3) is 0 Å². The number of rotatable bonds is 5. The molecule has 0 unspecified atom stereocenters. The van der Waals surface area contributed by atoms with Crippen molar-refractivity contribution in [2.24, 2.45) is 0 Å². The maximum Gasteiger partial charge on any atom is 0.357 e. The van der Waals surface area contributed by atoms with E-state index in [0.717, 1.165) is 18.2 Å². The smallest absolute Gasteiger partial charge is 0.357 e. The quantitative estimate of drug-likeness (QED) is 0.787. The van der Waals surface area contributed by atoms with E-state index in [0.29, 0.717) is 5.69 Å². The third-order valence-electron chi connectivity index (χ3n) is 2.76. The summed E-state index contributed by atoms with van der Waals surface area (Å²) in [4.78, 5) is 17.8. The van der Waals surface area contributed by atoms with Gasteiger partial charge in [-0.2, -0.15) is 0 Å². The molecule has 5 heteroatoms. The Morgan fingerprint density at radius 1 is 1.37 bits per heavy atom. The zero-order valence-electron chi connectivity index (χ0n) is 11.0. The lowest BCUT2D eigenvalue weighted by molar-refractivity contribution is 0.0595. The van der Waals surface area contributed by atoms with Crippen LogP contribution in [0.2, 0.25) is 0 Å². The fourth-order valence-electron chi connectivity index (χ4n) is 1.73. The molecule has 100 valence electrons. The van der Waals surface area contributed by atoms with Crippen molar-refractivity contribution in [2.45, 2.75) is 13.5 Å². The van der Waals surface area contributed by atoms with Crippen LogP contribution in [-0.4, -0.2) is 24.6 Å². The van der Waals surface area contributed by atoms with Crippen molar-refractivity contribution < 1.29 is 9.53 Å². The first-order valence-corrected chi connectivity index (χ1v) is 6.95. The highest BCUT2D eigenvalue weighted by atomic mass is 32.1. The largest absolute Gasteiger partial charge is 0.464 e. The van der Waals surface area contributed by atoms with Crippen LogP contribution in [0.1, 0.15) is 23.0 Å². The van der Waals surface area contributed by atoms with Gasteiger partial charge in [-0.25, -0.2) is 9.78 Å². The van der Waals surface area contributed by atoms with Crippen LogP contribution in [0.3, 0.4) is 0 Å². The van der Waals surface area contributed by atoms with Gasteiger partial charge < -0.3 is 9.64 Å². The Morgan fingerprint density at radius 2 is 2.11 bits per heavy atom. The summed E-state index contributed by atoms with van der Waals surface area (Å²) in [5.41, 5.74) is 1.59. The zero-order chi connectivity index (χ0) is 13.7. The lowest BCUT2D eigenvalue weighted by Gasteiger charge is -2.19. The molecule has 1 heterocycles. The second-order valence-corrected chi connectivity index (χ2v) is 4.84. The van der Waals surface area contributed by atoms with E-state index < -0.39 is 5.97 Å². The number of benzene rings is 1. The zero-order valence-corrected chi connectivity index (χ0v) is 11.8. The van der Waals surface area contributed by atoms with Crippen molar-refractivity contribution in [1.82, 2.24) is 4.98 Å². The number of anilines is 1. The highest BCUT2D eigenvalue weighted by molar-refractivity contribution is 7.13. The van der Waals surface area contributed by atoms with Crippen molar-refractivity contribution in [3.8, 4) is 0 Å². The van der Waals surface area contributed by atoms with Crippen LogP contribution in [0.15, 0.2) is 35.7 Å². The number of nitrogens with zero attached hydrogens (tertiary/aromatic N) is 2. The standard InChI is InChI=1S/C14H16N2O2S/c1-3-16(9-11-7-5-4-6-8-11)14-15-12(10-19-14)13(17)18-2/h4-8,10H,3,9H2,1-2H3. The molecular formula is C14H16N2O2S. The molecule has 0 bridgehead atoms. The van der Waals surface area contributed by atoms with Gasteiger partial charge in [-0.15, -0.1) is 11.3 Å². The summed E-state index contributed by atoms with van der Waals surface area (Å²) < 4.78 is 4.67. The van der Waals surface area contributed by atoms with Crippen LogP contribution in [0.4, 0.5) is 5.13 Å². The average molecular weight is 276 g/mol. The lowest BCUT2D eigenvalue weighted by Crippen LogP contribution is -2.22. The Kier molecular flexibility index (Phi) is 4.52. The van der Waals surface area contributed by atoms with Gasteiger partial charge in [-0.3, -0.25) is 0 Å². The Labute approximate surface area is 116 Å². The summed E-state index contributed by atoms with van der Waals surface area (Å²) in [5.74, 6) is -0.390. The molecule has 4 nitrogen and oxygen atoms in total. The number of ether oxygens (including phenoxy) is 1. The average Bonchev–Trinajstić information content (AvgIpc) is 2.94. The molecule has 0 aliphatic carbocycles. The molecule has 0 fully saturated rings. The Morgan fingerprint density at radius 3 is 2.74 bits per heavy atom. The van der Waals surface area contributed by atoms with E-state index in [2.05, 4.69) is 33.7 Å². The highest BCUT2D eigenvalue weighted by Gasteiger charge is 2.14. The molecule has 1 aromatic carbocycles. The van der Waals surface area contributed by atoms with Gasteiger partial charge in [-0.1, -0.05) is 30.3 Å². The normalized spacial score (nSPS) is 10.2. The topological polar surface area (TPSA) is 42.4 Å². The minimum atomic E-state index is -0.390. The minimum Gasteiger partial charge on any atom is -0.464 e. The Balaban J connectivity index is 2.13. The molecule has 0 saturated heterocycles. The molecule has 2 rings (SSSR count). The predicted octanol–water partition coefficient (Wildman–Crippen LogP) is 2.96. The Bertz CT molecular complexity index is 539. The molecule has 0 N–H and O–H groups in total. The number of hydrogen-bond donors (Lipinski definition) is 0. The Hall–Kier alpha value is -1.88. The molecule has 0 amide bonds. The first kappa shape index (κ1) is 13.5. The number of carbonyl (C=O) groups excluding carboxylic acids is 1. The van der Waals surface area contributed by atoms with E-state index in [-0.39, 0.29) is 0 Å². The van der Waals surface area contributed by atoms with Crippen LogP contribution in [0, 0.1) is 0 Å². The summed E-state index contributed by atoms with van der Waals surface area (Å²) >= 11 is 1.46. The van der Waals surface area contributed by atoms with Crippen LogP contribution in [0.5, 0.6) is 0 Å². The van der Waals surface area contributed by atoms with Crippen molar-refractivity contribution >= 4 is 22.4 Å². The van der Waals surface area contributed by atoms with E-state index >= 15 is 0 Å². The van der Waals surface area contributed by atoms with E-state index in [1.165, 1.54) is 24.0 Å². The molecule has 0 aliphatic heterocycles. The monoisotopic (exact) mass is 276 g/mol. The maximum atomic E-state index is 11.4. The molecule has 0 atom stereocenters. The van der Waals surface area contributed by atoms with Gasteiger partial charge in [0, 0.05) is 18.5 Å². The van der Waals surface area contributed by atoms with Crippen LogP contribution >= 0.6 is 11.3 Å². The lowest BCUT2D eigenvalue weighted by atomic mass is 10.2. The van der Waals surface area contributed by atoms with E-state index in [4.69, 9.17) is 0 Å². The van der Waals surface area contributed by atoms with Gasteiger partial charge in [0.25, 0.3) is 0 Å². The third-order valence-corrected chi connectivity index (χ3v) is 3.66. The van der Waals surface area contributed by atoms with Gasteiger partial charge in [0.2, 0.25) is 0 Å². The fourth-order valence-corrected chi connectivity index (χ4v) is 2.59. The summed E-state index contributed by atoms with van der Waals surface area (Å²) in [6.07, 6.45) is 0. The van der Waals surface area contributed by atoms with Crippen molar-refractivity contribution in [2.75, 3.05) is 18.6 Å². The number of aromatic nitrogens is 1. The van der Waals surface area contributed by atoms with Crippen molar-refractivity contribution in [1.29, 1.82) is 0 Å². The van der Waals surface area contributed by atoms with Crippen LogP contribution in [-0.2, 0) is 11.3 Å².